The standard InChI is InChI=1S/C22H28N6O2.C5H14N2.CH2O/c1-4-27-15-26-17(3)19(27)13-24-20(29)14-28-16(2)12-25-21(22(28)30)23-11-10-18-8-6-5-7-9-18;1-5(2,4-6)7-3;1-2/h5-9,12,15H,4,10-11,13-14H2,1-3H3,(H,23,25)(H,24,29);7H,4,6H2,1-3H3;1H2. The van der Waals surface area contributed by atoms with Gasteiger partial charge in [0.1, 0.15) is 13.3 Å². The van der Waals surface area contributed by atoms with Crippen molar-refractivity contribution in [1.29, 1.82) is 0 Å². The van der Waals surface area contributed by atoms with E-state index in [0.717, 1.165) is 24.4 Å². The second-order valence-electron chi connectivity index (χ2n) is 9.48. The third-order valence-corrected chi connectivity index (χ3v) is 6.24. The number of aromatic nitrogens is 4. The minimum absolute atomic E-state index is 0.0557. The van der Waals surface area contributed by atoms with Gasteiger partial charge in [-0.2, -0.15) is 0 Å². The van der Waals surface area contributed by atoms with E-state index >= 15 is 0 Å². The number of likely N-dealkylation sites (N-methyl/N-ethyl adjacent to an activating group) is 1. The molecule has 1 aromatic carbocycles. The van der Waals surface area contributed by atoms with E-state index in [1.165, 1.54) is 10.1 Å². The van der Waals surface area contributed by atoms with Crippen LogP contribution >= 0.6 is 0 Å². The highest BCUT2D eigenvalue weighted by molar-refractivity contribution is 5.75. The molecule has 2 aromatic heterocycles. The Morgan fingerprint density at radius 2 is 1.79 bits per heavy atom. The average molecular weight is 541 g/mol. The Kier molecular flexibility index (Phi) is 14.4. The van der Waals surface area contributed by atoms with Gasteiger partial charge in [0.2, 0.25) is 5.91 Å². The predicted octanol–water partition coefficient (Wildman–Crippen LogP) is 1.81. The van der Waals surface area contributed by atoms with Gasteiger partial charge < -0.3 is 31.0 Å². The number of amides is 1. The average Bonchev–Trinajstić information content (AvgIpc) is 3.32. The minimum atomic E-state index is -0.298. The molecule has 0 radical (unpaired) electrons. The number of nitrogens with one attached hydrogen (secondary N) is 3. The Hall–Kier alpha value is -3.83. The number of nitrogens with two attached hydrogens (primary N) is 1. The molecular weight excluding hydrogens is 496 g/mol. The van der Waals surface area contributed by atoms with Gasteiger partial charge in [-0.1, -0.05) is 30.3 Å². The molecule has 0 aliphatic rings. The molecule has 0 aliphatic heterocycles. The number of nitrogens with zero attached hydrogens (tertiary/aromatic N) is 4. The molecule has 11 nitrogen and oxygen atoms in total. The third-order valence-electron chi connectivity index (χ3n) is 6.24. The molecule has 0 bridgehead atoms. The third kappa shape index (κ3) is 10.8. The molecule has 11 heteroatoms. The molecule has 1 amide bonds. The zero-order valence-electron chi connectivity index (χ0n) is 24.1. The summed E-state index contributed by atoms with van der Waals surface area (Å²) in [5, 5.41) is 9.04. The molecule has 3 rings (SSSR count). The fourth-order valence-corrected chi connectivity index (χ4v) is 3.35. The molecule has 0 aliphatic carbocycles. The second-order valence-corrected chi connectivity index (χ2v) is 9.48. The minimum Gasteiger partial charge on any atom is -0.365 e. The van der Waals surface area contributed by atoms with Crippen molar-refractivity contribution in [3.05, 3.63) is 75.9 Å². The smallest absolute Gasteiger partial charge is 0.293 e. The van der Waals surface area contributed by atoms with Gasteiger partial charge in [-0.25, -0.2) is 9.97 Å². The highest BCUT2D eigenvalue weighted by Crippen LogP contribution is 2.06. The molecule has 5 N–H and O–H groups in total. The van der Waals surface area contributed by atoms with Crippen molar-refractivity contribution in [2.45, 2.75) is 66.2 Å². The SMILES string of the molecule is C=O.CCn1cnc(C)c1CNC(=O)Cn1c(C)cnc(NCCc2ccccc2)c1=O.CNC(C)(C)CN. The molecule has 0 unspecified atom stereocenters. The van der Waals surface area contributed by atoms with Gasteiger partial charge in [0.15, 0.2) is 5.82 Å². The van der Waals surface area contributed by atoms with Crippen LogP contribution in [0.5, 0.6) is 0 Å². The van der Waals surface area contributed by atoms with Crippen molar-refractivity contribution in [1.82, 2.24) is 29.7 Å². The van der Waals surface area contributed by atoms with Crippen LogP contribution in [0.15, 0.2) is 47.7 Å². The summed E-state index contributed by atoms with van der Waals surface area (Å²) in [7, 11) is 1.91. The Bertz CT molecular complexity index is 1200. The first-order chi connectivity index (χ1) is 18.6. The monoisotopic (exact) mass is 540 g/mol. The van der Waals surface area contributed by atoms with Crippen molar-refractivity contribution in [3.63, 3.8) is 0 Å². The van der Waals surface area contributed by atoms with Crippen LogP contribution in [0.2, 0.25) is 0 Å². The lowest BCUT2D eigenvalue weighted by molar-refractivity contribution is -0.121. The van der Waals surface area contributed by atoms with Crippen LogP contribution in [-0.4, -0.2) is 57.5 Å². The molecule has 2 heterocycles. The van der Waals surface area contributed by atoms with Gasteiger partial charge in [0.25, 0.3) is 5.56 Å². The van der Waals surface area contributed by atoms with E-state index in [1.807, 2.05) is 62.6 Å². The summed E-state index contributed by atoms with van der Waals surface area (Å²) in [6.07, 6.45) is 4.15. The van der Waals surface area contributed by atoms with E-state index in [4.69, 9.17) is 10.5 Å². The van der Waals surface area contributed by atoms with Crippen molar-refractivity contribution >= 4 is 18.5 Å². The molecule has 39 heavy (non-hydrogen) atoms. The molecule has 3 aromatic rings. The molecular formula is C28H44N8O3. The van der Waals surface area contributed by atoms with Crippen LogP contribution < -0.4 is 27.2 Å². The Morgan fingerprint density at radius 1 is 1.13 bits per heavy atom. The first kappa shape index (κ1) is 33.2. The molecule has 0 spiro atoms. The summed E-state index contributed by atoms with van der Waals surface area (Å²) in [6.45, 7) is 14.2. The van der Waals surface area contributed by atoms with Crippen LogP contribution in [0, 0.1) is 13.8 Å². The number of carbonyl (C=O) groups excluding carboxylic acids is 2. The van der Waals surface area contributed by atoms with E-state index in [9.17, 15) is 9.59 Å². The Morgan fingerprint density at radius 3 is 2.36 bits per heavy atom. The predicted molar refractivity (Wildman–Crippen MR) is 156 cm³/mol. The van der Waals surface area contributed by atoms with E-state index in [0.29, 0.717) is 25.3 Å². The summed E-state index contributed by atoms with van der Waals surface area (Å²) < 4.78 is 3.44. The highest BCUT2D eigenvalue weighted by atomic mass is 16.2. The lowest BCUT2D eigenvalue weighted by Crippen LogP contribution is -2.43. The number of hydrogen-bond donors (Lipinski definition) is 4. The van der Waals surface area contributed by atoms with Crippen molar-refractivity contribution in [2.75, 3.05) is 25.5 Å². The van der Waals surface area contributed by atoms with Gasteiger partial charge in [-0.15, -0.1) is 0 Å². The van der Waals surface area contributed by atoms with Crippen molar-refractivity contribution in [2.24, 2.45) is 5.73 Å². The second kappa shape index (κ2) is 16.9. The fourth-order valence-electron chi connectivity index (χ4n) is 3.35. The molecule has 0 atom stereocenters. The quantitative estimate of drug-likeness (QED) is 0.288. The van der Waals surface area contributed by atoms with Crippen molar-refractivity contribution < 1.29 is 9.59 Å². The number of benzene rings is 1. The van der Waals surface area contributed by atoms with Crippen LogP contribution in [0.1, 0.15) is 43.4 Å². The van der Waals surface area contributed by atoms with E-state index in [2.05, 4.69) is 39.8 Å². The Labute approximate surface area is 231 Å². The number of carbonyl (C=O) groups is 2. The summed E-state index contributed by atoms with van der Waals surface area (Å²) >= 11 is 0. The lowest BCUT2D eigenvalue weighted by Gasteiger charge is -2.20. The largest absolute Gasteiger partial charge is 0.365 e. The van der Waals surface area contributed by atoms with Crippen LogP contribution in [-0.2, 0) is 35.6 Å². The Balaban J connectivity index is 0.000000735. The van der Waals surface area contributed by atoms with Gasteiger partial charge in [0.05, 0.1) is 24.3 Å². The zero-order valence-corrected chi connectivity index (χ0v) is 24.1. The summed E-state index contributed by atoms with van der Waals surface area (Å²) in [5.74, 6) is 0.0223. The first-order valence-electron chi connectivity index (χ1n) is 12.9. The highest BCUT2D eigenvalue weighted by Gasteiger charge is 2.13. The van der Waals surface area contributed by atoms with Crippen LogP contribution in [0.4, 0.5) is 5.82 Å². The normalized spacial score (nSPS) is 10.5. The molecule has 0 saturated heterocycles. The zero-order chi connectivity index (χ0) is 29.4. The maximum atomic E-state index is 12.8. The van der Waals surface area contributed by atoms with Crippen molar-refractivity contribution in [3.8, 4) is 0 Å². The number of rotatable bonds is 11. The summed E-state index contributed by atoms with van der Waals surface area (Å²) in [6, 6.07) is 10.0. The van der Waals surface area contributed by atoms with Gasteiger partial charge in [-0.05, 0) is 53.7 Å². The molecule has 214 valence electrons. The molecule has 0 saturated carbocycles. The fraction of sp³-hybridized carbons (Fsp3) is 0.464. The maximum Gasteiger partial charge on any atom is 0.293 e. The first-order valence-corrected chi connectivity index (χ1v) is 12.9. The summed E-state index contributed by atoms with van der Waals surface area (Å²) in [5.41, 5.74) is 8.84. The number of aryl methyl sites for hydroxylation is 3. The van der Waals surface area contributed by atoms with E-state index in [-0.39, 0.29) is 29.4 Å². The van der Waals surface area contributed by atoms with Crippen LogP contribution in [0.3, 0.4) is 0 Å². The maximum absolute atomic E-state index is 12.8. The topological polar surface area (TPSA) is 149 Å². The van der Waals surface area contributed by atoms with Gasteiger partial charge >= 0.3 is 0 Å². The summed E-state index contributed by atoms with van der Waals surface area (Å²) in [4.78, 5) is 41.8. The van der Waals surface area contributed by atoms with Gasteiger partial charge in [0, 0.05) is 37.1 Å². The molecule has 0 fully saturated rings. The van der Waals surface area contributed by atoms with E-state index < -0.39 is 0 Å². The number of hydrogen-bond acceptors (Lipinski definition) is 8. The lowest BCUT2D eigenvalue weighted by atomic mass is 10.1. The van der Waals surface area contributed by atoms with Crippen LogP contribution in [0.25, 0.3) is 0 Å². The van der Waals surface area contributed by atoms with Gasteiger partial charge in [-0.3, -0.25) is 14.2 Å². The van der Waals surface area contributed by atoms with E-state index in [1.54, 1.807) is 19.4 Å². The number of imidazole rings is 1. The number of anilines is 1.